The Kier molecular flexibility index (Phi) is 3.72. The summed E-state index contributed by atoms with van der Waals surface area (Å²) in [7, 11) is 0. The van der Waals surface area contributed by atoms with Crippen LogP contribution >= 0.6 is 11.6 Å². The molecule has 1 unspecified atom stereocenters. The van der Waals surface area contributed by atoms with Crippen molar-refractivity contribution in [1.29, 1.82) is 0 Å². The minimum Gasteiger partial charge on any atom is -0.271 e. The van der Waals surface area contributed by atoms with Gasteiger partial charge in [-0.25, -0.2) is 0 Å². The van der Waals surface area contributed by atoms with Crippen molar-refractivity contribution in [2.24, 2.45) is 5.84 Å². The highest BCUT2D eigenvalue weighted by atomic mass is 35.5. The van der Waals surface area contributed by atoms with Crippen LogP contribution in [0.5, 0.6) is 0 Å². The molecule has 0 saturated carbocycles. The Morgan fingerprint density at radius 2 is 2.23 bits per heavy atom. The van der Waals surface area contributed by atoms with Crippen LogP contribution < -0.4 is 11.3 Å². The molecular weight excluding hydrogens is 184 g/mol. The molecule has 72 valence electrons. The average Bonchev–Trinajstić information content (AvgIpc) is 2.13. The highest BCUT2D eigenvalue weighted by Crippen LogP contribution is 2.22. The number of halogens is 1. The molecule has 0 aliphatic carbocycles. The van der Waals surface area contributed by atoms with Gasteiger partial charge in [-0.2, -0.15) is 0 Å². The lowest BCUT2D eigenvalue weighted by Gasteiger charge is -2.14. The van der Waals surface area contributed by atoms with Gasteiger partial charge < -0.3 is 0 Å². The summed E-state index contributed by atoms with van der Waals surface area (Å²) in [5.74, 6) is 5.41. The third-order valence-electron chi connectivity index (χ3n) is 2.21. The minimum atomic E-state index is 0.193. The quantitative estimate of drug-likeness (QED) is 0.579. The summed E-state index contributed by atoms with van der Waals surface area (Å²) in [4.78, 5) is 0. The van der Waals surface area contributed by atoms with Gasteiger partial charge >= 0.3 is 0 Å². The van der Waals surface area contributed by atoms with E-state index in [4.69, 9.17) is 17.4 Å². The first-order valence-corrected chi connectivity index (χ1v) is 4.79. The van der Waals surface area contributed by atoms with E-state index in [1.807, 2.05) is 19.1 Å². The fraction of sp³-hybridized carbons (Fsp3) is 0.400. The first-order valence-electron chi connectivity index (χ1n) is 4.41. The number of nitrogens with two attached hydrogens (primary N) is 1. The molecule has 0 radical (unpaired) electrons. The number of aryl methyl sites for hydroxylation is 1. The predicted molar refractivity (Wildman–Crippen MR) is 56.5 cm³/mol. The van der Waals surface area contributed by atoms with Crippen molar-refractivity contribution < 1.29 is 0 Å². The third kappa shape index (κ3) is 2.44. The van der Waals surface area contributed by atoms with E-state index in [1.54, 1.807) is 0 Å². The summed E-state index contributed by atoms with van der Waals surface area (Å²) in [5, 5.41) is 0.797. The number of rotatable bonds is 3. The van der Waals surface area contributed by atoms with E-state index in [1.165, 1.54) is 0 Å². The van der Waals surface area contributed by atoms with E-state index >= 15 is 0 Å². The summed E-state index contributed by atoms with van der Waals surface area (Å²) >= 11 is 6.00. The number of hydrogen-bond donors (Lipinski definition) is 2. The van der Waals surface area contributed by atoms with Gasteiger partial charge in [0.25, 0.3) is 0 Å². The largest absolute Gasteiger partial charge is 0.271 e. The number of hydrogen-bond acceptors (Lipinski definition) is 2. The van der Waals surface area contributed by atoms with Crippen LogP contribution in [0.1, 0.15) is 30.5 Å². The Balaban J connectivity index is 2.95. The van der Waals surface area contributed by atoms with Crippen LogP contribution in [-0.4, -0.2) is 0 Å². The van der Waals surface area contributed by atoms with E-state index in [2.05, 4.69) is 18.4 Å². The SMILES string of the molecule is CCC(NN)c1ccc(C)c(Cl)c1. The third-order valence-corrected chi connectivity index (χ3v) is 2.61. The molecule has 0 aliphatic heterocycles. The fourth-order valence-corrected chi connectivity index (χ4v) is 1.46. The van der Waals surface area contributed by atoms with Crippen molar-refractivity contribution >= 4 is 11.6 Å². The number of hydrazine groups is 1. The van der Waals surface area contributed by atoms with Crippen LogP contribution in [0.4, 0.5) is 0 Å². The molecule has 1 aromatic carbocycles. The molecule has 0 heterocycles. The Hall–Kier alpha value is -0.570. The van der Waals surface area contributed by atoms with Crippen LogP contribution in [0.25, 0.3) is 0 Å². The van der Waals surface area contributed by atoms with Gasteiger partial charge in [-0.3, -0.25) is 11.3 Å². The molecule has 0 amide bonds. The van der Waals surface area contributed by atoms with Gasteiger partial charge in [0.2, 0.25) is 0 Å². The van der Waals surface area contributed by atoms with Crippen molar-refractivity contribution in [1.82, 2.24) is 5.43 Å². The molecule has 0 aliphatic rings. The molecule has 2 nitrogen and oxygen atoms in total. The zero-order valence-corrected chi connectivity index (χ0v) is 8.73. The lowest BCUT2D eigenvalue weighted by atomic mass is 10.0. The summed E-state index contributed by atoms with van der Waals surface area (Å²) in [6.45, 7) is 4.07. The number of benzene rings is 1. The monoisotopic (exact) mass is 198 g/mol. The van der Waals surface area contributed by atoms with Crippen molar-refractivity contribution in [3.8, 4) is 0 Å². The van der Waals surface area contributed by atoms with Gasteiger partial charge in [-0.1, -0.05) is 30.7 Å². The van der Waals surface area contributed by atoms with Gasteiger partial charge in [0, 0.05) is 11.1 Å². The topological polar surface area (TPSA) is 38.0 Å². The number of nitrogens with one attached hydrogen (secondary N) is 1. The Bertz CT molecular complexity index is 282. The van der Waals surface area contributed by atoms with E-state index in [9.17, 15) is 0 Å². The normalized spacial score (nSPS) is 12.9. The van der Waals surface area contributed by atoms with Crippen molar-refractivity contribution in [2.75, 3.05) is 0 Å². The summed E-state index contributed by atoms with van der Waals surface area (Å²) in [6, 6.07) is 6.22. The van der Waals surface area contributed by atoms with Crippen molar-refractivity contribution in [3.63, 3.8) is 0 Å². The van der Waals surface area contributed by atoms with Gasteiger partial charge in [-0.15, -0.1) is 0 Å². The first kappa shape index (κ1) is 10.5. The van der Waals surface area contributed by atoms with Crippen LogP contribution in [0.2, 0.25) is 5.02 Å². The lowest BCUT2D eigenvalue weighted by molar-refractivity contribution is 0.539. The second kappa shape index (κ2) is 4.61. The summed E-state index contributed by atoms with van der Waals surface area (Å²) in [5.41, 5.74) is 4.99. The van der Waals surface area contributed by atoms with E-state index in [0.717, 1.165) is 22.6 Å². The second-order valence-electron chi connectivity index (χ2n) is 3.14. The Labute approximate surface area is 84.1 Å². The van der Waals surface area contributed by atoms with E-state index < -0.39 is 0 Å². The van der Waals surface area contributed by atoms with E-state index in [-0.39, 0.29) is 6.04 Å². The molecular formula is C10H15ClN2. The molecule has 3 N–H and O–H groups in total. The lowest BCUT2D eigenvalue weighted by Crippen LogP contribution is -2.27. The zero-order chi connectivity index (χ0) is 9.84. The first-order chi connectivity index (χ1) is 6.19. The molecule has 0 spiro atoms. The highest BCUT2D eigenvalue weighted by molar-refractivity contribution is 6.31. The molecule has 0 aromatic heterocycles. The molecule has 0 fully saturated rings. The molecule has 0 saturated heterocycles. The summed E-state index contributed by atoms with van der Waals surface area (Å²) < 4.78 is 0. The maximum Gasteiger partial charge on any atom is 0.0457 e. The molecule has 1 atom stereocenters. The van der Waals surface area contributed by atoms with Crippen LogP contribution in [0, 0.1) is 6.92 Å². The van der Waals surface area contributed by atoms with E-state index in [0.29, 0.717) is 0 Å². The second-order valence-corrected chi connectivity index (χ2v) is 3.54. The van der Waals surface area contributed by atoms with Crippen LogP contribution in [0.15, 0.2) is 18.2 Å². The van der Waals surface area contributed by atoms with Crippen molar-refractivity contribution in [2.45, 2.75) is 26.3 Å². The fourth-order valence-electron chi connectivity index (χ4n) is 1.28. The van der Waals surface area contributed by atoms with Crippen LogP contribution in [-0.2, 0) is 0 Å². The molecule has 3 heteroatoms. The highest BCUT2D eigenvalue weighted by Gasteiger charge is 2.07. The zero-order valence-electron chi connectivity index (χ0n) is 7.97. The smallest absolute Gasteiger partial charge is 0.0457 e. The molecule has 1 aromatic rings. The van der Waals surface area contributed by atoms with Gasteiger partial charge in [0.1, 0.15) is 0 Å². The maximum absolute atomic E-state index is 6.00. The van der Waals surface area contributed by atoms with Gasteiger partial charge in [0.15, 0.2) is 0 Å². The Morgan fingerprint density at radius 3 is 2.69 bits per heavy atom. The maximum atomic E-state index is 6.00. The minimum absolute atomic E-state index is 0.193. The molecule has 1 rings (SSSR count). The van der Waals surface area contributed by atoms with Gasteiger partial charge in [-0.05, 0) is 30.5 Å². The van der Waals surface area contributed by atoms with Crippen molar-refractivity contribution in [3.05, 3.63) is 34.3 Å². The van der Waals surface area contributed by atoms with Gasteiger partial charge in [0.05, 0.1) is 0 Å². The molecule has 0 bridgehead atoms. The molecule has 13 heavy (non-hydrogen) atoms. The Morgan fingerprint density at radius 1 is 1.54 bits per heavy atom. The summed E-state index contributed by atoms with van der Waals surface area (Å²) in [6.07, 6.45) is 0.954. The average molecular weight is 199 g/mol. The predicted octanol–water partition coefficient (Wildman–Crippen LogP) is 2.56. The van der Waals surface area contributed by atoms with Crippen LogP contribution in [0.3, 0.4) is 0 Å². The standard InChI is InChI=1S/C10H15ClN2/c1-3-10(13-12)8-5-4-7(2)9(11)6-8/h4-6,10,13H,3,12H2,1-2H3.